The number of carbonyl (C=O) groups excluding carboxylic acids is 1. The molecular weight excluding hydrogens is 180 g/mol. The van der Waals surface area contributed by atoms with Crippen molar-refractivity contribution in [3.8, 4) is 0 Å². The van der Waals surface area contributed by atoms with E-state index < -0.39 is 0 Å². The van der Waals surface area contributed by atoms with Crippen molar-refractivity contribution >= 4 is 5.97 Å². The summed E-state index contributed by atoms with van der Waals surface area (Å²) >= 11 is 0. The Labute approximate surface area is 85.9 Å². The van der Waals surface area contributed by atoms with E-state index in [1.165, 1.54) is 6.08 Å². The van der Waals surface area contributed by atoms with E-state index in [2.05, 4.69) is 10.2 Å². The van der Waals surface area contributed by atoms with E-state index in [0.29, 0.717) is 6.61 Å². The summed E-state index contributed by atoms with van der Waals surface area (Å²) in [4.78, 5) is 13.0. The maximum Gasteiger partial charge on any atom is 0.330 e. The van der Waals surface area contributed by atoms with Gasteiger partial charge in [-0.1, -0.05) is 6.08 Å². The van der Waals surface area contributed by atoms with E-state index in [0.717, 1.165) is 19.6 Å². The van der Waals surface area contributed by atoms with Crippen LogP contribution in [0.4, 0.5) is 0 Å². The van der Waals surface area contributed by atoms with Crippen LogP contribution in [0.1, 0.15) is 6.92 Å². The van der Waals surface area contributed by atoms with Gasteiger partial charge in [0, 0.05) is 25.7 Å². The lowest BCUT2D eigenvalue weighted by atomic mass is 10.4. The SMILES string of the molecule is CCOC(=O)/C=C/CN(C)CCNC. The van der Waals surface area contributed by atoms with Gasteiger partial charge in [0.15, 0.2) is 0 Å². The van der Waals surface area contributed by atoms with Crippen molar-refractivity contribution in [2.45, 2.75) is 6.92 Å². The zero-order valence-electron chi connectivity index (χ0n) is 9.25. The Morgan fingerprint density at radius 2 is 2.29 bits per heavy atom. The highest BCUT2D eigenvalue weighted by molar-refractivity contribution is 5.81. The minimum absolute atomic E-state index is 0.269. The van der Waals surface area contributed by atoms with Crippen LogP contribution in [0.3, 0.4) is 0 Å². The minimum atomic E-state index is -0.269. The largest absolute Gasteiger partial charge is 0.463 e. The van der Waals surface area contributed by atoms with E-state index in [9.17, 15) is 4.79 Å². The average Bonchev–Trinajstić information content (AvgIpc) is 2.15. The number of hydrogen-bond donors (Lipinski definition) is 1. The second-order valence-corrected chi connectivity index (χ2v) is 3.02. The van der Waals surface area contributed by atoms with Gasteiger partial charge in [0.25, 0.3) is 0 Å². The molecule has 0 radical (unpaired) electrons. The topological polar surface area (TPSA) is 41.6 Å². The van der Waals surface area contributed by atoms with Gasteiger partial charge in [0.05, 0.1) is 6.61 Å². The summed E-state index contributed by atoms with van der Waals surface area (Å²) in [5.41, 5.74) is 0. The quantitative estimate of drug-likeness (QED) is 0.473. The lowest BCUT2D eigenvalue weighted by Gasteiger charge is -2.12. The molecule has 0 aliphatic rings. The van der Waals surface area contributed by atoms with Gasteiger partial charge in [0.1, 0.15) is 0 Å². The van der Waals surface area contributed by atoms with Crippen molar-refractivity contribution in [1.82, 2.24) is 10.2 Å². The third kappa shape index (κ3) is 7.76. The molecule has 0 aliphatic heterocycles. The van der Waals surface area contributed by atoms with Crippen LogP contribution in [-0.2, 0) is 9.53 Å². The van der Waals surface area contributed by atoms with Gasteiger partial charge in [-0.05, 0) is 21.0 Å². The van der Waals surface area contributed by atoms with Gasteiger partial charge < -0.3 is 15.0 Å². The van der Waals surface area contributed by atoms with Crippen molar-refractivity contribution in [2.24, 2.45) is 0 Å². The summed E-state index contributed by atoms with van der Waals surface area (Å²) < 4.78 is 4.75. The lowest BCUT2D eigenvalue weighted by molar-refractivity contribution is -0.137. The van der Waals surface area contributed by atoms with Crippen LogP contribution in [0, 0.1) is 0 Å². The molecule has 0 aromatic carbocycles. The fourth-order valence-electron chi connectivity index (χ4n) is 0.913. The first-order valence-electron chi connectivity index (χ1n) is 4.87. The number of carbonyl (C=O) groups is 1. The first-order valence-corrected chi connectivity index (χ1v) is 4.87. The maximum absolute atomic E-state index is 10.9. The minimum Gasteiger partial charge on any atom is -0.463 e. The monoisotopic (exact) mass is 200 g/mol. The Morgan fingerprint density at radius 1 is 1.57 bits per heavy atom. The van der Waals surface area contributed by atoms with Crippen LogP contribution in [0.25, 0.3) is 0 Å². The molecule has 0 fully saturated rings. The Bertz CT molecular complexity index is 181. The Balaban J connectivity index is 3.54. The highest BCUT2D eigenvalue weighted by Crippen LogP contribution is 1.85. The molecule has 0 bridgehead atoms. The van der Waals surface area contributed by atoms with Crippen LogP contribution >= 0.6 is 0 Å². The highest BCUT2D eigenvalue weighted by atomic mass is 16.5. The Hall–Kier alpha value is -0.870. The number of likely N-dealkylation sites (N-methyl/N-ethyl adjacent to an activating group) is 2. The average molecular weight is 200 g/mol. The van der Waals surface area contributed by atoms with E-state index in [4.69, 9.17) is 4.74 Å². The predicted octanol–water partition coefficient (Wildman–Crippen LogP) is 0.257. The van der Waals surface area contributed by atoms with Crippen LogP contribution in [-0.4, -0.2) is 51.2 Å². The van der Waals surface area contributed by atoms with E-state index >= 15 is 0 Å². The molecule has 0 amide bonds. The molecule has 0 aromatic heterocycles. The summed E-state index contributed by atoms with van der Waals surface area (Å²) in [6.45, 7) is 4.90. The molecule has 0 unspecified atom stereocenters. The van der Waals surface area contributed by atoms with Crippen molar-refractivity contribution in [1.29, 1.82) is 0 Å². The molecular formula is C10H20N2O2. The molecule has 0 spiro atoms. The normalized spacial score (nSPS) is 11.1. The number of nitrogens with one attached hydrogen (secondary N) is 1. The number of rotatable bonds is 7. The standard InChI is InChI=1S/C10H20N2O2/c1-4-14-10(13)6-5-8-12(3)9-7-11-2/h5-6,11H,4,7-9H2,1-3H3/b6-5+. The summed E-state index contributed by atoms with van der Waals surface area (Å²) in [5.74, 6) is -0.269. The van der Waals surface area contributed by atoms with Crippen LogP contribution in [0.2, 0.25) is 0 Å². The van der Waals surface area contributed by atoms with Crippen molar-refractivity contribution < 1.29 is 9.53 Å². The third-order valence-electron chi connectivity index (χ3n) is 1.70. The number of hydrogen-bond acceptors (Lipinski definition) is 4. The summed E-state index contributed by atoms with van der Waals surface area (Å²) in [5, 5.41) is 3.06. The molecule has 4 nitrogen and oxygen atoms in total. The number of ether oxygens (including phenoxy) is 1. The van der Waals surface area contributed by atoms with Crippen molar-refractivity contribution in [2.75, 3.05) is 40.3 Å². The van der Waals surface area contributed by atoms with Crippen LogP contribution in [0.15, 0.2) is 12.2 Å². The molecule has 0 heterocycles. The smallest absolute Gasteiger partial charge is 0.330 e. The Kier molecular flexibility index (Phi) is 8.17. The highest BCUT2D eigenvalue weighted by Gasteiger charge is 1.95. The van der Waals surface area contributed by atoms with Gasteiger partial charge in [-0.15, -0.1) is 0 Å². The molecule has 1 N–H and O–H groups in total. The predicted molar refractivity (Wildman–Crippen MR) is 57.2 cm³/mol. The van der Waals surface area contributed by atoms with E-state index in [1.54, 1.807) is 6.92 Å². The molecule has 0 saturated heterocycles. The Morgan fingerprint density at radius 3 is 2.86 bits per heavy atom. The second-order valence-electron chi connectivity index (χ2n) is 3.02. The molecule has 0 atom stereocenters. The van der Waals surface area contributed by atoms with Gasteiger partial charge in [-0.25, -0.2) is 4.79 Å². The lowest BCUT2D eigenvalue weighted by Crippen LogP contribution is -2.27. The van der Waals surface area contributed by atoms with E-state index in [-0.39, 0.29) is 5.97 Å². The first kappa shape index (κ1) is 13.1. The summed E-state index contributed by atoms with van der Waals surface area (Å²) in [6, 6.07) is 0. The van der Waals surface area contributed by atoms with Crippen molar-refractivity contribution in [3.63, 3.8) is 0 Å². The maximum atomic E-state index is 10.9. The molecule has 0 rings (SSSR count). The molecule has 14 heavy (non-hydrogen) atoms. The number of esters is 1. The van der Waals surface area contributed by atoms with Gasteiger partial charge >= 0.3 is 5.97 Å². The molecule has 4 heteroatoms. The summed E-state index contributed by atoms with van der Waals surface area (Å²) in [7, 11) is 3.93. The fraction of sp³-hybridized carbons (Fsp3) is 0.700. The number of nitrogens with zero attached hydrogens (tertiary/aromatic N) is 1. The first-order chi connectivity index (χ1) is 6.70. The third-order valence-corrected chi connectivity index (χ3v) is 1.70. The van der Waals surface area contributed by atoms with Crippen molar-refractivity contribution in [3.05, 3.63) is 12.2 Å². The van der Waals surface area contributed by atoms with E-state index in [1.807, 2.05) is 20.2 Å². The zero-order chi connectivity index (χ0) is 10.8. The van der Waals surface area contributed by atoms with Gasteiger partial charge in [0.2, 0.25) is 0 Å². The van der Waals surface area contributed by atoms with Gasteiger partial charge in [-0.3, -0.25) is 0 Å². The molecule has 82 valence electrons. The van der Waals surface area contributed by atoms with Crippen LogP contribution < -0.4 is 5.32 Å². The molecule has 0 aliphatic carbocycles. The summed E-state index contributed by atoms with van der Waals surface area (Å²) in [6.07, 6.45) is 3.28. The van der Waals surface area contributed by atoms with Gasteiger partial charge in [-0.2, -0.15) is 0 Å². The molecule has 0 aromatic rings. The fourth-order valence-corrected chi connectivity index (χ4v) is 0.913. The second kappa shape index (κ2) is 8.72. The van der Waals surface area contributed by atoms with Crippen LogP contribution in [0.5, 0.6) is 0 Å². The zero-order valence-corrected chi connectivity index (χ0v) is 9.25. The molecule has 0 saturated carbocycles.